The second-order valence-corrected chi connectivity index (χ2v) is 11.3. The molecule has 0 bridgehead atoms. The van der Waals surface area contributed by atoms with Crippen LogP contribution in [0.2, 0.25) is 0 Å². The van der Waals surface area contributed by atoms with Crippen molar-refractivity contribution in [3.8, 4) is 11.5 Å². The number of benzene rings is 2. The highest BCUT2D eigenvalue weighted by molar-refractivity contribution is 6.10. The molecule has 0 N–H and O–H groups in total. The average Bonchev–Trinajstić information content (AvgIpc) is 3.03. The average molecular weight is 594 g/mol. The van der Waals surface area contributed by atoms with Gasteiger partial charge in [0.1, 0.15) is 23.1 Å². The molecule has 0 unspecified atom stereocenters. The number of para-hydroxylation sites is 1. The van der Waals surface area contributed by atoms with E-state index in [1.54, 1.807) is 35.2 Å². The van der Waals surface area contributed by atoms with Crippen molar-refractivity contribution in [2.75, 3.05) is 61.6 Å². The minimum Gasteiger partial charge on any atom is -0.495 e. The van der Waals surface area contributed by atoms with Crippen molar-refractivity contribution in [2.24, 2.45) is 0 Å². The van der Waals surface area contributed by atoms with Crippen LogP contribution in [0.15, 0.2) is 60.9 Å². The number of carbonyl (C=O) groups excluding carboxylic acids is 1. The number of rotatable bonds is 8. The molecule has 0 aliphatic carbocycles. The molecule has 10 heteroatoms. The maximum Gasteiger partial charge on any atom is 0.336 e. The van der Waals surface area contributed by atoms with Crippen molar-refractivity contribution < 1.29 is 14.3 Å². The number of hydrogen-bond donors (Lipinski definition) is 0. The third kappa shape index (κ3) is 5.77. The number of amides is 2. The molecular weight excluding hydrogens is 554 g/mol. The molecule has 2 amide bonds. The van der Waals surface area contributed by atoms with E-state index in [0.717, 1.165) is 65.6 Å². The highest BCUT2D eigenvalue weighted by atomic mass is 16.5. The van der Waals surface area contributed by atoms with E-state index >= 15 is 0 Å². The molecule has 44 heavy (non-hydrogen) atoms. The van der Waals surface area contributed by atoms with Crippen LogP contribution >= 0.6 is 0 Å². The van der Waals surface area contributed by atoms with Crippen molar-refractivity contribution >= 4 is 29.0 Å². The Morgan fingerprint density at radius 3 is 2.39 bits per heavy atom. The van der Waals surface area contributed by atoms with E-state index in [9.17, 15) is 4.79 Å². The Kier molecular flexibility index (Phi) is 8.34. The Morgan fingerprint density at radius 1 is 0.932 bits per heavy atom. The van der Waals surface area contributed by atoms with Crippen LogP contribution in [0.3, 0.4) is 0 Å². The molecule has 0 atom stereocenters. The summed E-state index contributed by atoms with van der Waals surface area (Å²) in [5.41, 5.74) is 5.91. The number of fused-ring (bicyclic) bond motifs is 1. The number of aromatic nitrogens is 3. The van der Waals surface area contributed by atoms with Crippen LogP contribution < -0.4 is 24.2 Å². The third-order valence-corrected chi connectivity index (χ3v) is 8.32. The highest BCUT2D eigenvalue weighted by Crippen LogP contribution is 2.38. The van der Waals surface area contributed by atoms with Crippen molar-refractivity contribution in [1.29, 1.82) is 0 Å². The van der Waals surface area contributed by atoms with Crippen LogP contribution in [0.5, 0.6) is 11.5 Å². The fourth-order valence-corrected chi connectivity index (χ4v) is 5.92. The lowest BCUT2D eigenvalue weighted by Gasteiger charge is -2.36. The first-order valence-electron chi connectivity index (χ1n) is 15.1. The topological polar surface area (TPSA) is 87.2 Å². The first kappa shape index (κ1) is 29.4. The summed E-state index contributed by atoms with van der Waals surface area (Å²) < 4.78 is 11.4. The van der Waals surface area contributed by atoms with Gasteiger partial charge in [-0.05, 0) is 57.1 Å². The van der Waals surface area contributed by atoms with Crippen LogP contribution in [0.25, 0.3) is 0 Å². The number of pyridine rings is 1. The van der Waals surface area contributed by atoms with E-state index in [0.29, 0.717) is 42.8 Å². The van der Waals surface area contributed by atoms with Crippen LogP contribution in [-0.2, 0) is 13.0 Å². The van der Waals surface area contributed by atoms with E-state index in [2.05, 4.69) is 40.0 Å². The summed E-state index contributed by atoms with van der Waals surface area (Å²) in [7, 11) is 3.75. The largest absolute Gasteiger partial charge is 0.495 e. The van der Waals surface area contributed by atoms with Gasteiger partial charge in [0.25, 0.3) is 0 Å². The molecule has 228 valence electrons. The van der Waals surface area contributed by atoms with Crippen molar-refractivity contribution in [2.45, 2.75) is 33.7 Å². The van der Waals surface area contributed by atoms with E-state index in [-0.39, 0.29) is 6.03 Å². The monoisotopic (exact) mass is 593 g/mol. The Morgan fingerprint density at radius 2 is 1.70 bits per heavy atom. The lowest BCUT2D eigenvalue weighted by atomic mass is 10.1. The zero-order chi connectivity index (χ0) is 30.8. The van der Waals surface area contributed by atoms with Gasteiger partial charge in [-0.3, -0.25) is 4.90 Å². The molecule has 2 aromatic heterocycles. The number of ether oxygens (including phenoxy) is 2. The SMILES string of the molecule is CCOc1cc(N2CCN(C)CC2)ccc1Cc1ncc2c(n1)N(c1ccc(OC)cn1)C(=O)N(c1c(C)cccc1C)C2. The molecule has 4 aromatic rings. The van der Waals surface area contributed by atoms with Gasteiger partial charge >= 0.3 is 6.03 Å². The van der Waals surface area contributed by atoms with Gasteiger partial charge in [0.2, 0.25) is 0 Å². The molecule has 0 spiro atoms. The summed E-state index contributed by atoms with van der Waals surface area (Å²) >= 11 is 0. The van der Waals surface area contributed by atoms with Gasteiger partial charge in [0, 0.05) is 61.7 Å². The number of urea groups is 1. The molecule has 1 fully saturated rings. The van der Waals surface area contributed by atoms with Gasteiger partial charge < -0.3 is 19.3 Å². The number of hydrogen-bond acceptors (Lipinski definition) is 8. The molecule has 0 radical (unpaired) electrons. The lowest BCUT2D eigenvalue weighted by Crippen LogP contribution is -2.46. The first-order chi connectivity index (χ1) is 21.4. The summed E-state index contributed by atoms with van der Waals surface area (Å²) in [5.74, 6) is 3.04. The Hall–Kier alpha value is -4.70. The zero-order valence-electron chi connectivity index (χ0n) is 26.1. The predicted molar refractivity (Wildman–Crippen MR) is 173 cm³/mol. The molecular formula is C34H39N7O3. The van der Waals surface area contributed by atoms with Gasteiger partial charge in [-0.15, -0.1) is 0 Å². The minimum atomic E-state index is -0.219. The first-order valence-corrected chi connectivity index (χ1v) is 15.1. The fourth-order valence-electron chi connectivity index (χ4n) is 5.92. The van der Waals surface area contributed by atoms with Gasteiger partial charge in [0.15, 0.2) is 5.82 Å². The Balaban J connectivity index is 1.36. The highest BCUT2D eigenvalue weighted by Gasteiger charge is 2.36. The number of piperazine rings is 1. The summed E-state index contributed by atoms with van der Waals surface area (Å²) in [4.78, 5) is 36.7. The molecule has 2 aliphatic rings. The smallest absolute Gasteiger partial charge is 0.336 e. The quantitative estimate of drug-likeness (QED) is 0.264. The second-order valence-electron chi connectivity index (χ2n) is 11.3. The summed E-state index contributed by atoms with van der Waals surface area (Å²) in [5, 5.41) is 0. The molecule has 10 nitrogen and oxygen atoms in total. The normalized spacial score (nSPS) is 15.4. The van der Waals surface area contributed by atoms with Crippen LogP contribution in [0, 0.1) is 13.8 Å². The number of likely N-dealkylation sites (N-methyl/N-ethyl adjacent to an activating group) is 1. The number of nitrogens with zero attached hydrogens (tertiary/aromatic N) is 7. The maximum absolute atomic E-state index is 14.3. The second kappa shape index (κ2) is 12.5. The molecule has 2 aromatic carbocycles. The van der Waals surface area contributed by atoms with Crippen LogP contribution in [0.1, 0.15) is 35.0 Å². The number of carbonyl (C=O) groups is 1. The fraction of sp³-hybridized carbons (Fsp3) is 0.353. The predicted octanol–water partition coefficient (Wildman–Crippen LogP) is 5.52. The van der Waals surface area contributed by atoms with Gasteiger partial charge in [-0.1, -0.05) is 24.3 Å². The lowest BCUT2D eigenvalue weighted by molar-refractivity contribution is 0.252. The minimum absolute atomic E-state index is 0.219. The molecule has 1 saturated heterocycles. The van der Waals surface area contributed by atoms with E-state index < -0.39 is 0 Å². The van der Waals surface area contributed by atoms with Crippen LogP contribution in [0.4, 0.5) is 27.8 Å². The molecule has 6 rings (SSSR count). The van der Waals surface area contributed by atoms with Crippen LogP contribution in [-0.4, -0.2) is 72.8 Å². The van der Waals surface area contributed by atoms with Gasteiger partial charge in [-0.25, -0.2) is 24.6 Å². The molecule has 4 heterocycles. The summed E-state index contributed by atoms with van der Waals surface area (Å²) in [6.07, 6.45) is 3.91. The Bertz CT molecular complexity index is 1630. The standard InChI is InChI=1S/C34H39N7O3/c1-6-44-29-19-27(39-16-14-38(4)15-17-39)11-10-25(29)18-30-35-20-26-22-40(32-23(2)8-7-9-24(32)3)34(42)41(33(26)37-30)31-13-12-28(43-5)21-36-31/h7-13,19-21H,6,14-18,22H2,1-5H3. The summed E-state index contributed by atoms with van der Waals surface area (Å²) in [6.45, 7) is 11.0. The number of anilines is 4. The van der Waals surface area contributed by atoms with E-state index in [4.69, 9.17) is 19.4 Å². The van der Waals surface area contributed by atoms with E-state index in [1.807, 2.05) is 45.2 Å². The van der Waals surface area contributed by atoms with Gasteiger partial charge in [0.05, 0.1) is 32.1 Å². The molecule has 2 aliphatic heterocycles. The maximum atomic E-state index is 14.3. The van der Waals surface area contributed by atoms with Crippen molar-refractivity contribution in [3.63, 3.8) is 0 Å². The summed E-state index contributed by atoms with van der Waals surface area (Å²) in [6, 6.07) is 15.8. The van der Waals surface area contributed by atoms with Crippen molar-refractivity contribution in [1.82, 2.24) is 19.9 Å². The number of aryl methyl sites for hydroxylation is 2. The van der Waals surface area contributed by atoms with E-state index in [1.165, 1.54) is 0 Å². The molecule has 0 saturated carbocycles. The third-order valence-electron chi connectivity index (χ3n) is 8.32. The number of methoxy groups -OCH3 is 1. The van der Waals surface area contributed by atoms with Gasteiger partial charge in [-0.2, -0.15) is 0 Å². The zero-order valence-corrected chi connectivity index (χ0v) is 26.1. The Labute approximate surface area is 258 Å². The van der Waals surface area contributed by atoms with Crippen molar-refractivity contribution in [3.05, 3.63) is 89.0 Å².